The predicted molar refractivity (Wildman–Crippen MR) is 77.4 cm³/mol. The largest absolute Gasteiger partial charge is 0.479 e. The lowest BCUT2D eigenvalue weighted by Crippen LogP contribution is -2.60. The monoisotopic (exact) mass is 340 g/mol. The standard InChI is InChI=1S/C14H17BrN2O3/c1-9-5-2-3-7-14(9,13(19)20)17-12(18)10-6-4-8-16-11(10)15/h4,6,8-9H,2-3,5,7H2,1H3,(H,17,18)(H,19,20). The number of hydrogen-bond donors (Lipinski definition) is 2. The van der Waals surface area contributed by atoms with E-state index >= 15 is 0 Å². The summed E-state index contributed by atoms with van der Waals surface area (Å²) in [7, 11) is 0. The van der Waals surface area contributed by atoms with E-state index in [9.17, 15) is 14.7 Å². The van der Waals surface area contributed by atoms with Gasteiger partial charge in [0.1, 0.15) is 10.1 Å². The zero-order valence-electron chi connectivity index (χ0n) is 11.2. The zero-order valence-corrected chi connectivity index (χ0v) is 12.8. The second kappa shape index (κ2) is 5.91. The highest BCUT2D eigenvalue weighted by molar-refractivity contribution is 9.10. The van der Waals surface area contributed by atoms with Crippen molar-refractivity contribution < 1.29 is 14.7 Å². The minimum Gasteiger partial charge on any atom is -0.479 e. The molecule has 0 radical (unpaired) electrons. The van der Waals surface area contributed by atoms with Gasteiger partial charge in [-0.05, 0) is 46.8 Å². The summed E-state index contributed by atoms with van der Waals surface area (Å²) < 4.78 is 0.418. The molecule has 5 nitrogen and oxygen atoms in total. The number of nitrogens with zero attached hydrogens (tertiary/aromatic N) is 1. The molecule has 1 aliphatic carbocycles. The van der Waals surface area contributed by atoms with Crippen LogP contribution in [-0.4, -0.2) is 27.5 Å². The van der Waals surface area contributed by atoms with E-state index in [-0.39, 0.29) is 5.92 Å². The lowest BCUT2D eigenvalue weighted by atomic mass is 9.73. The summed E-state index contributed by atoms with van der Waals surface area (Å²) in [6, 6.07) is 3.27. The van der Waals surface area contributed by atoms with Crippen molar-refractivity contribution in [3.05, 3.63) is 28.5 Å². The molecule has 1 aliphatic rings. The molecule has 2 atom stereocenters. The normalized spacial score (nSPS) is 26.0. The third-order valence-electron chi connectivity index (χ3n) is 4.02. The maximum Gasteiger partial charge on any atom is 0.329 e. The average molecular weight is 341 g/mol. The van der Waals surface area contributed by atoms with Crippen molar-refractivity contribution in [2.75, 3.05) is 0 Å². The Labute approximate surface area is 125 Å². The SMILES string of the molecule is CC1CCCCC1(NC(=O)c1cccnc1Br)C(=O)O. The van der Waals surface area contributed by atoms with E-state index in [4.69, 9.17) is 0 Å². The van der Waals surface area contributed by atoms with Gasteiger partial charge >= 0.3 is 5.97 Å². The molecule has 20 heavy (non-hydrogen) atoms. The molecule has 1 heterocycles. The Morgan fingerprint density at radius 1 is 1.50 bits per heavy atom. The van der Waals surface area contributed by atoms with Crippen LogP contribution in [0.3, 0.4) is 0 Å². The summed E-state index contributed by atoms with van der Waals surface area (Å²) in [4.78, 5) is 28.0. The van der Waals surface area contributed by atoms with Crippen LogP contribution in [0.1, 0.15) is 43.0 Å². The van der Waals surface area contributed by atoms with E-state index in [1.807, 2.05) is 6.92 Å². The summed E-state index contributed by atoms with van der Waals surface area (Å²) >= 11 is 3.21. The van der Waals surface area contributed by atoms with Crippen molar-refractivity contribution in [3.63, 3.8) is 0 Å². The van der Waals surface area contributed by atoms with E-state index in [1.54, 1.807) is 18.3 Å². The lowest BCUT2D eigenvalue weighted by Gasteiger charge is -2.39. The number of carboxylic acids is 1. The molecule has 108 valence electrons. The summed E-state index contributed by atoms with van der Waals surface area (Å²) in [5, 5.41) is 12.3. The highest BCUT2D eigenvalue weighted by Crippen LogP contribution is 2.34. The Balaban J connectivity index is 2.27. The summed E-state index contributed by atoms with van der Waals surface area (Å²) in [6.07, 6.45) is 4.65. The Morgan fingerprint density at radius 2 is 2.25 bits per heavy atom. The topological polar surface area (TPSA) is 79.3 Å². The number of halogens is 1. The van der Waals surface area contributed by atoms with Crippen LogP contribution in [0, 0.1) is 5.92 Å². The van der Waals surface area contributed by atoms with Crippen molar-refractivity contribution in [2.24, 2.45) is 5.92 Å². The molecule has 1 fully saturated rings. The van der Waals surface area contributed by atoms with Crippen LogP contribution >= 0.6 is 15.9 Å². The molecule has 0 bridgehead atoms. The minimum absolute atomic E-state index is 0.0897. The van der Waals surface area contributed by atoms with Crippen LogP contribution in [0.2, 0.25) is 0 Å². The first-order valence-corrected chi connectivity index (χ1v) is 7.43. The third-order valence-corrected chi connectivity index (χ3v) is 4.65. The van der Waals surface area contributed by atoms with Crippen LogP contribution in [0.25, 0.3) is 0 Å². The van der Waals surface area contributed by atoms with Gasteiger partial charge < -0.3 is 10.4 Å². The molecule has 1 aromatic rings. The number of rotatable bonds is 3. The van der Waals surface area contributed by atoms with Crippen LogP contribution in [0.5, 0.6) is 0 Å². The van der Waals surface area contributed by atoms with Gasteiger partial charge in [-0.1, -0.05) is 19.8 Å². The van der Waals surface area contributed by atoms with Crippen LogP contribution in [0.15, 0.2) is 22.9 Å². The number of hydrogen-bond acceptors (Lipinski definition) is 3. The van der Waals surface area contributed by atoms with Crippen LogP contribution in [-0.2, 0) is 4.79 Å². The van der Waals surface area contributed by atoms with Gasteiger partial charge in [0.05, 0.1) is 5.56 Å². The van der Waals surface area contributed by atoms with Crippen molar-refractivity contribution in [1.82, 2.24) is 10.3 Å². The van der Waals surface area contributed by atoms with Crippen molar-refractivity contribution in [1.29, 1.82) is 0 Å². The molecule has 0 saturated heterocycles. The molecule has 1 aromatic heterocycles. The van der Waals surface area contributed by atoms with Gasteiger partial charge in [-0.2, -0.15) is 0 Å². The summed E-state index contributed by atoms with van der Waals surface area (Å²) in [5.41, 5.74) is -0.823. The number of amides is 1. The quantitative estimate of drug-likeness (QED) is 0.829. The van der Waals surface area contributed by atoms with Gasteiger partial charge in [0, 0.05) is 6.20 Å². The van der Waals surface area contributed by atoms with Gasteiger partial charge in [0.15, 0.2) is 0 Å². The fraction of sp³-hybridized carbons (Fsp3) is 0.500. The highest BCUT2D eigenvalue weighted by Gasteiger charge is 2.46. The number of aliphatic carboxylic acids is 1. The van der Waals surface area contributed by atoms with E-state index < -0.39 is 17.4 Å². The smallest absolute Gasteiger partial charge is 0.329 e. The molecule has 6 heteroatoms. The number of aromatic nitrogens is 1. The maximum atomic E-state index is 12.3. The van der Waals surface area contributed by atoms with Crippen LogP contribution in [0.4, 0.5) is 0 Å². The molecule has 2 N–H and O–H groups in total. The Bertz CT molecular complexity index is 535. The molecule has 0 spiro atoms. The van der Waals surface area contributed by atoms with Crippen molar-refractivity contribution in [3.8, 4) is 0 Å². The molecular formula is C14H17BrN2O3. The Kier molecular flexibility index (Phi) is 4.42. The van der Waals surface area contributed by atoms with Gasteiger partial charge in [-0.3, -0.25) is 4.79 Å². The zero-order chi connectivity index (χ0) is 14.8. The molecule has 1 saturated carbocycles. The molecular weight excluding hydrogens is 324 g/mol. The fourth-order valence-corrected chi connectivity index (χ4v) is 3.16. The Morgan fingerprint density at radius 3 is 2.85 bits per heavy atom. The summed E-state index contributed by atoms with van der Waals surface area (Å²) in [6.45, 7) is 1.88. The molecule has 2 rings (SSSR count). The van der Waals surface area contributed by atoms with E-state index in [0.29, 0.717) is 16.6 Å². The Hall–Kier alpha value is -1.43. The number of carboxylic acid groups (broad SMARTS) is 1. The predicted octanol–water partition coefficient (Wildman–Crippen LogP) is 2.61. The van der Waals surface area contributed by atoms with E-state index in [0.717, 1.165) is 19.3 Å². The summed E-state index contributed by atoms with van der Waals surface area (Å²) in [5.74, 6) is -1.45. The first-order chi connectivity index (χ1) is 9.47. The van der Waals surface area contributed by atoms with Gasteiger partial charge in [0.25, 0.3) is 5.91 Å². The maximum absolute atomic E-state index is 12.3. The van der Waals surface area contributed by atoms with E-state index in [1.165, 1.54) is 0 Å². The number of carbonyl (C=O) groups excluding carboxylic acids is 1. The number of carbonyl (C=O) groups is 2. The van der Waals surface area contributed by atoms with Gasteiger partial charge in [-0.15, -0.1) is 0 Å². The molecule has 1 amide bonds. The molecule has 0 aliphatic heterocycles. The number of nitrogens with one attached hydrogen (secondary N) is 1. The average Bonchev–Trinajstić information content (AvgIpc) is 2.41. The highest BCUT2D eigenvalue weighted by atomic mass is 79.9. The minimum atomic E-state index is -1.18. The molecule has 2 unspecified atom stereocenters. The van der Waals surface area contributed by atoms with E-state index in [2.05, 4.69) is 26.2 Å². The van der Waals surface area contributed by atoms with Gasteiger partial charge in [0.2, 0.25) is 0 Å². The second-order valence-electron chi connectivity index (χ2n) is 5.22. The second-order valence-corrected chi connectivity index (χ2v) is 5.97. The third kappa shape index (κ3) is 2.70. The molecule has 0 aromatic carbocycles. The number of pyridine rings is 1. The van der Waals surface area contributed by atoms with Gasteiger partial charge in [-0.25, -0.2) is 9.78 Å². The van der Waals surface area contributed by atoms with Crippen LogP contribution < -0.4 is 5.32 Å². The lowest BCUT2D eigenvalue weighted by molar-refractivity contribution is -0.148. The fourth-order valence-electron chi connectivity index (χ4n) is 2.73. The first-order valence-electron chi connectivity index (χ1n) is 6.64. The first kappa shape index (κ1) is 15.0. The van der Waals surface area contributed by atoms with Crippen molar-refractivity contribution >= 4 is 27.8 Å². The van der Waals surface area contributed by atoms with Crippen molar-refractivity contribution in [2.45, 2.75) is 38.1 Å².